The molecule has 0 amide bonds. The van der Waals surface area contributed by atoms with E-state index in [0.29, 0.717) is 6.61 Å². The van der Waals surface area contributed by atoms with Gasteiger partial charge in [-0.05, 0) is 57.6 Å². The molecule has 2 heterocycles. The van der Waals surface area contributed by atoms with E-state index >= 15 is 0 Å². The van der Waals surface area contributed by atoms with E-state index in [0.717, 1.165) is 24.6 Å². The van der Waals surface area contributed by atoms with Crippen molar-refractivity contribution in [3.63, 3.8) is 0 Å². The van der Waals surface area contributed by atoms with E-state index in [2.05, 4.69) is 10.2 Å². The Morgan fingerprint density at radius 1 is 1.15 bits per heavy atom. The molecule has 0 radical (unpaired) electrons. The van der Waals surface area contributed by atoms with E-state index < -0.39 is 0 Å². The van der Waals surface area contributed by atoms with Crippen molar-refractivity contribution in [1.29, 1.82) is 0 Å². The minimum Gasteiger partial charge on any atom is -0.486 e. The summed E-state index contributed by atoms with van der Waals surface area (Å²) in [7, 11) is 0. The Bertz CT molecular complexity index is 419. The minimum atomic E-state index is 0.122. The number of hydrogen-bond acceptors (Lipinski definition) is 4. The molecule has 2 aliphatic heterocycles. The van der Waals surface area contributed by atoms with Crippen LogP contribution >= 0.6 is 0 Å². The van der Waals surface area contributed by atoms with Gasteiger partial charge >= 0.3 is 0 Å². The first-order chi connectivity index (χ1) is 9.92. The molecule has 1 fully saturated rings. The van der Waals surface area contributed by atoms with Crippen LogP contribution in [-0.2, 0) is 0 Å². The van der Waals surface area contributed by atoms with Gasteiger partial charge in [0.2, 0.25) is 0 Å². The lowest BCUT2D eigenvalue weighted by Gasteiger charge is -2.26. The summed E-state index contributed by atoms with van der Waals surface area (Å²) < 4.78 is 11.6. The average molecular weight is 276 g/mol. The first-order valence-corrected chi connectivity index (χ1v) is 7.73. The van der Waals surface area contributed by atoms with Crippen LogP contribution in [0.25, 0.3) is 0 Å². The normalized spacial score (nSPS) is 22.1. The lowest BCUT2D eigenvalue weighted by molar-refractivity contribution is 0.0903. The van der Waals surface area contributed by atoms with Crippen molar-refractivity contribution < 1.29 is 9.47 Å². The van der Waals surface area contributed by atoms with Crippen LogP contribution in [0.2, 0.25) is 0 Å². The lowest BCUT2D eigenvalue weighted by atomic mass is 10.2. The van der Waals surface area contributed by atoms with Gasteiger partial charge in [-0.25, -0.2) is 0 Å². The third kappa shape index (κ3) is 3.64. The summed E-state index contributed by atoms with van der Waals surface area (Å²) in [5.41, 5.74) is 0. The Balaban J connectivity index is 1.31. The second-order valence-corrected chi connectivity index (χ2v) is 5.60. The van der Waals surface area contributed by atoms with Gasteiger partial charge in [0.25, 0.3) is 0 Å². The molecule has 1 aromatic carbocycles. The molecule has 1 saturated heterocycles. The van der Waals surface area contributed by atoms with Crippen LogP contribution in [0.5, 0.6) is 11.5 Å². The van der Waals surface area contributed by atoms with Crippen molar-refractivity contribution in [3.8, 4) is 11.5 Å². The fourth-order valence-corrected chi connectivity index (χ4v) is 2.86. The van der Waals surface area contributed by atoms with Crippen LogP contribution in [-0.4, -0.2) is 50.3 Å². The van der Waals surface area contributed by atoms with Gasteiger partial charge in [-0.2, -0.15) is 0 Å². The summed E-state index contributed by atoms with van der Waals surface area (Å²) >= 11 is 0. The standard InChI is InChI=1S/C16H24N2O2/c1-2-7-16-15(6-1)19-13-14(20-16)12-17-8-5-11-18-9-3-4-10-18/h1-2,6-7,14,17H,3-5,8-13H2. The predicted octanol–water partition coefficient (Wildman–Crippen LogP) is 1.90. The van der Waals surface area contributed by atoms with Gasteiger partial charge in [-0.1, -0.05) is 12.1 Å². The van der Waals surface area contributed by atoms with Crippen LogP contribution in [0.15, 0.2) is 24.3 Å². The van der Waals surface area contributed by atoms with E-state index in [1.54, 1.807) is 0 Å². The van der Waals surface area contributed by atoms with Gasteiger partial charge in [0, 0.05) is 6.54 Å². The zero-order valence-corrected chi connectivity index (χ0v) is 12.0. The molecular formula is C16H24N2O2. The number of benzene rings is 1. The number of rotatable bonds is 6. The first-order valence-electron chi connectivity index (χ1n) is 7.73. The van der Waals surface area contributed by atoms with Crippen molar-refractivity contribution >= 4 is 0 Å². The smallest absolute Gasteiger partial charge is 0.161 e. The fraction of sp³-hybridized carbons (Fsp3) is 0.625. The molecule has 2 aliphatic rings. The highest BCUT2D eigenvalue weighted by atomic mass is 16.6. The van der Waals surface area contributed by atoms with Crippen LogP contribution in [0.1, 0.15) is 19.3 Å². The van der Waals surface area contributed by atoms with Gasteiger partial charge in [-0.3, -0.25) is 0 Å². The number of fused-ring (bicyclic) bond motifs is 1. The lowest BCUT2D eigenvalue weighted by Crippen LogP contribution is -2.39. The molecule has 0 aliphatic carbocycles. The number of ether oxygens (including phenoxy) is 2. The van der Waals surface area contributed by atoms with Gasteiger partial charge in [0.05, 0.1) is 0 Å². The van der Waals surface area contributed by atoms with E-state index in [4.69, 9.17) is 9.47 Å². The fourth-order valence-electron chi connectivity index (χ4n) is 2.86. The second-order valence-electron chi connectivity index (χ2n) is 5.60. The minimum absolute atomic E-state index is 0.122. The van der Waals surface area contributed by atoms with E-state index in [1.165, 1.54) is 38.9 Å². The molecule has 0 saturated carbocycles. The molecule has 1 atom stereocenters. The molecular weight excluding hydrogens is 252 g/mol. The number of para-hydroxylation sites is 2. The quantitative estimate of drug-likeness (QED) is 0.805. The molecule has 1 aromatic rings. The van der Waals surface area contributed by atoms with Crippen LogP contribution in [0.4, 0.5) is 0 Å². The molecule has 20 heavy (non-hydrogen) atoms. The van der Waals surface area contributed by atoms with Crippen LogP contribution in [0, 0.1) is 0 Å². The van der Waals surface area contributed by atoms with Crippen LogP contribution < -0.4 is 14.8 Å². The summed E-state index contributed by atoms with van der Waals surface area (Å²) in [5, 5.41) is 3.48. The molecule has 4 nitrogen and oxygen atoms in total. The summed E-state index contributed by atoms with van der Waals surface area (Å²) in [6.45, 7) is 6.34. The molecule has 0 spiro atoms. The first kappa shape index (κ1) is 13.7. The van der Waals surface area contributed by atoms with Gasteiger partial charge in [0.1, 0.15) is 12.7 Å². The summed E-state index contributed by atoms with van der Waals surface area (Å²) in [5.74, 6) is 1.72. The van der Waals surface area contributed by atoms with Crippen LogP contribution in [0.3, 0.4) is 0 Å². The molecule has 110 valence electrons. The number of likely N-dealkylation sites (tertiary alicyclic amines) is 1. The predicted molar refractivity (Wildman–Crippen MR) is 79.5 cm³/mol. The van der Waals surface area contributed by atoms with Gasteiger partial charge in [-0.15, -0.1) is 0 Å². The molecule has 3 rings (SSSR count). The van der Waals surface area contributed by atoms with Crippen molar-refractivity contribution in [2.45, 2.75) is 25.4 Å². The number of nitrogens with zero attached hydrogens (tertiary/aromatic N) is 1. The van der Waals surface area contributed by atoms with E-state index in [9.17, 15) is 0 Å². The zero-order chi connectivity index (χ0) is 13.6. The zero-order valence-electron chi connectivity index (χ0n) is 12.0. The highest BCUT2D eigenvalue weighted by Gasteiger charge is 2.19. The maximum atomic E-state index is 5.91. The Labute approximate surface area is 121 Å². The highest BCUT2D eigenvalue weighted by Crippen LogP contribution is 2.30. The van der Waals surface area contributed by atoms with Crippen molar-refractivity contribution in [1.82, 2.24) is 10.2 Å². The second kappa shape index (κ2) is 6.95. The number of hydrogen-bond donors (Lipinski definition) is 1. The third-order valence-electron chi connectivity index (χ3n) is 3.97. The Hall–Kier alpha value is -1.26. The SMILES string of the molecule is c1ccc2c(c1)OCC(CNCCCN1CCCC1)O2. The molecule has 4 heteroatoms. The maximum absolute atomic E-state index is 5.91. The summed E-state index contributed by atoms with van der Waals surface area (Å²) in [4.78, 5) is 2.55. The van der Waals surface area contributed by atoms with Crippen molar-refractivity contribution in [2.75, 3.05) is 39.3 Å². The Kier molecular flexibility index (Phi) is 4.77. The van der Waals surface area contributed by atoms with E-state index in [-0.39, 0.29) is 6.10 Å². The third-order valence-corrected chi connectivity index (χ3v) is 3.97. The molecule has 0 aromatic heterocycles. The van der Waals surface area contributed by atoms with Crippen molar-refractivity contribution in [2.24, 2.45) is 0 Å². The van der Waals surface area contributed by atoms with Gasteiger partial charge in [0.15, 0.2) is 11.5 Å². The Morgan fingerprint density at radius 2 is 1.95 bits per heavy atom. The molecule has 1 unspecified atom stereocenters. The Morgan fingerprint density at radius 3 is 2.80 bits per heavy atom. The molecule has 1 N–H and O–H groups in total. The highest BCUT2D eigenvalue weighted by molar-refractivity contribution is 5.40. The maximum Gasteiger partial charge on any atom is 0.161 e. The summed E-state index contributed by atoms with van der Waals surface area (Å²) in [6, 6.07) is 7.87. The summed E-state index contributed by atoms with van der Waals surface area (Å²) in [6.07, 6.45) is 4.08. The largest absolute Gasteiger partial charge is 0.486 e. The number of nitrogens with one attached hydrogen (secondary N) is 1. The van der Waals surface area contributed by atoms with E-state index in [1.807, 2.05) is 24.3 Å². The monoisotopic (exact) mass is 276 g/mol. The van der Waals surface area contributed by atoms with Crippen molar-refractivity contribution in [3.05, 3.63) is 24.3 Å². The topological polar surface area (TPSA) is 33.7 Å². The van der Waals surface area contributed by atoms with Gasteiger partial charge < -0.3 is 19.7 Å². The molecule has 0 bridgehead atoms. The average Bonchev–Trinajstić information content (AvgIpc) is 3.00.